The van der Waals surface area contributed by atoms with E-state index in [4.69, 9.17) is 22.1 Å². The molecule has 1 aromatic rings. The zero-order chi connectivity index (χ0) is 11.4. The molecule has 1 rings (SSSR count). The van der Waals surface area contributed by atoms with Crippen molar-refractivity contribution in [2.75, 3.05) is 13.7 Å². The van der Waals surface area contributed by atoms with E-state index in [1.807, 2.05) is 13.0 Å². The summed E-state index contributed by atoms with van der Waals surface area (Å²) in [5, 5.41) is 0.712. The van der Waals surface area contributed by atoms with Gasteiger partial charge >= 0.3 is 0 Å². The monoisotopic (exact) mass is 227 g/mol. The molecule has 3 heteroatoms. The molecule has 0 amide bonds. The molecule has 0 aliphatic carbocycles. The summed E-state index contributed by atoms with van der Waals surface area (Å²) in [6.07, 6.45) is 0.937. The minimum atomic E-state index is 0.372. The van der Waals surface area contributed by atoms with Crippen molar-refractivity contribution in [1.29, 1.82) is 0 Å². The van der Waals surface area contributed by atoms with Crippen LogP contribution in [0.5, 0.6) is 5.75 Å². The quantitative estimate of drug-likeness (QED) is 0.858. The normalized spacial score (nSPS) is 12.6. The van der Waals surface area contributed by atoms with E-state index in [2.05, 4.69) is 13.0 Å². The van der Waals surface area contributed by atoms with Crippen LogP contribution in [0.4, 0.5) is 0 Å². The van der Waals surface area contributed by atoms with E-state index in [0.717, 1.165) is 23.3 Å². The fourth-order valence-electron chi connectivity index (χ4n) is 1.68. The highest BCUT2D eigenvalue weighted by molar-refractivity contribution is 6.32. The van der Waals surface area contributed by atoms with Crippen LogP contribution in [0, 0.1) is 6.92 Å². The van der Waals surface area contributed by atoms with E-state index in [0.29, 0.717) is 17.5 Å². The van der Waals surface area contributed by atoms with Gasteiger partial charge in [0, 0.05) is 0 Å². The lowest BCUT2D eigenvalue weighted by Crippen LogP contribution is -2.05. The van der Waals surface area contributed by atoms with Crippen molar-refractivity contribution in [1.82, 2.24) is 0 Å². The fourth-order valence-corrected chi connectivity index (χ4v) is 2.05. The second kappa shape index (κ2) is 5.38. The second-order valence-electron chi connectivity index (χ2n) is 3.85. The number of hydrogen-bond donors (Lipinski definition) is 1. The average molecular weight is 228 g/mol. The number of hydrogen-bond acceptors (Lipinski definition) is 2. The SMILES string of the molecule is COc1cc(C)cc(C(C)CCN)c1Cl. The van der Waals surface area contributed by atoms with E-state index in [-0.39, 0.29) is 0 Å². The molecule has 84 valence electrons. The fraction of sp³-hybridized carbons (Fsp3) is 0.500. The summed E-state index contributed by atoms with van der Waals surface area (Å²) >= 11 is 6.25. The number of nitrogens with two attached hydrogens (primary N) is 1. The highest BCUT2D eigenvalue weighted by atomic mass is 35.5. The summed E-state index contributed by atoms with van der Waals surface area (Å²) in [6.45, 7) is 4.85. The molecule has 1 unspecified atom stereocenters. The topological polar surface area (TPSA) is 35.2 Å². The van der Waals surface area contributed by atoms with Crippen molar-refractivity contribution in [2.24, 2.45) is 5.73 Å². The van der Waals surface area contributed by atoms with E-state index in [9.17, 15) is 0 Å². The maximum atomic E-state index is 6.25. The first-order valence-electron chi connectivity index (χ1n) is 5.14. The lowest BCUT2D eigenvalue weighted by Gasteiger charge is -2.15. The Kier molecular flexibility index (Phi) is 4.43. The van der Waals surface area contributed by atoms with Crippen LogP contribution in [0.3, 0.4) is 0 Å². The molecule has 1 atom stereocenters. The molecule has 0 saturated carbocycles. The van der Waals surface area contributed by atoms with Gasteiger partial charge in [0.2, 0.25) is 0 Å². The van der Waals surface area contributed by atoms with Gasteiger partial charge in [-0.25, -0.2) is 0 Å². The number of benzene rings is 1. The minimum absolute atomic E-state index is 0.372. The molecule has 0 fully saturated rings. The van der Waals surface area contributed by atoms with Crippen LogP contribution >= 0.6 is 11.6 Å². The van der Waals surface area contributed by atoms with Gasteiger partial charge in [-0.15, -0.1) is 0 Å². The Morgan fingerprint density at radius 1 is 1.47 bits per heavy atom. The Morgan fingerprint density at radius 3 is 2.67 bits per heavy atom. The maximum Gasteiger partial charge on any atom is 0.138 e. The molecule has 0 heterocycles. The van der Waals surface area contributed by atoms with Gasteiger partial charge < -0.3 is 10.5 Å². The molecule has 0 spiro atoms. The lowest BCUT2D eigenvalue weighted by molar-refractivity contribution is 0.413. The molecule has 0 radical (unpaired) electrons. The Hall–Kier alpha value is -0.730. The van der Waals surface area contributed by atoms with E-state index < -0.39 is 0 Å². The second-order valence-corrected chi connectivity index (χ2v) is 4.23. The van der Waals surface area contributed by atoms with Gasteiger partial charge in [-0.1, -0.05) is 24.6 Å². The first-order valence-corrected chi connectivity index (χ1v) is 5.52. The van der Waals surface area contributed by atoms with Crippen LogP contribution in [-0.4, -0.2) is 13.7 Å². The third-order valence-electron chi connectivity index (χ3n) is 2.56. The van der Waals surface area contributed by atoms with Crippen molar-refractivity contribution in [3.63, 3.8) is 0 Å². The Labute approximate surface area is 96.4 Å². The van der Waals surface area contributed by atoms with Crippen LogP contribution in [0.2, 0.25) is 5.02 Å². The van der Waals surface area contributed by atoms with Crippen molar-refractivity contribution >= 4 is 11.6 Å². The smallest absolute Gasteiger partial charge is 0.138 e. The molecule has 0 bridgehead atoms. The van der Waals surface area contributed by atoms with Crippen LogP contribution in [0.1, 0.15) is 30.4 Å². The van der Waals surface area contributed by atoms with E-state index in [1.165, 1.54) is 0 Å². The summed E-state index contributed by atoms with van der Waals surface area (Å²) in [5.74, 6) is 1.12. The summed E-state index contributed by atoms with van der Waals surface area (Å²) < 4.78 is 5.23. The third-order valence-corrected chi connectivity index (χ3v) is 2.97. The minimum Gasteiger partial charge on any atom is -0.495 e. The van der Waals surface area contributed by atoms with Gasteiger partial charge in [-0.05, 0) is 43.0 Å². The highest BCUT2D eigenvalue weighted by Crippen LogP contribution is 2.35. The standard InChI is InChI=1S/C12H18ClNO/c1-8-6-10(9(2)4-5-14)12(13)11(7-8)15-3/h6-7,9H,4-5,14H2,1-3H3. The van der Waals surface area contributed by atoms with Gasteiger partial charge in [0.15, 0.2) is 0 Å². The van der Waals surface area contributed by atoms with Gasteiger partial charge in [-0.2, -0.15) is 0 Å². The predicted octanol–water partition coefficient (Wildman–Crippen LogP) is 3.11. The Bertz CT molecular complexity index is 339. The zero-order valence-electron chi connectivity index (χ0n) is 9.51. The van der Waals surface area contributed by atoms with Gasteiger partial charge in [0.05, 0.1) is 12.1 Å². The molecular formula is C12H18ClNO. The summed E-state index contributed by atoms with van der Waals surface area (Å²) in [5.41, 5.74) is 7.84. The van der Waals surface area contributed by atoms with Crippen LogP contribution in [0.15, 0.2) is 12.1 Å². The summed E-state index contributed by atoms with van der Waals surface area (Å²) in [4.78, 5) is 0. The summed E-state index contributed by atoms with van der Waals surface area (Å²) in [7, 11) is 1.64. The molecule has 2 nitrogen and oxygen atoms in total. The van der Waals surface area contributed by atoms with Crippen molar-refractivity contribution < 1.29 is 4.74 Å². The maximum absolute atomic E-state index is 6.25. The van der Waals surface area contributed by atoms with Crippen molar-refractivity contribution in [3.8, 4) is 5.75 Å². The molecular weight excluding hydrogens is 210 g/mol. The lowest BCUT2D eigenvalue weighted by atomic mass is 9.96. The number of aryl methyl sites for hydroxylation is 1. The Morgan fingerprint density at radius 2 is 2.13 bits per heavy atom. The molecule has 15 heavy (non-hydrogen) atoms. The van der Waals surface area contributed by atoms with Gasteiger partial charge in [0.25, 0.3) is 0 Å². The number of rotatable bonds is 4. The van der Waals surface area contributed by atoms with Gasteiger partial charge in [0.1, 0.15) is 5.75 Å². The molecule has 0 aliphatic rings. The average Bonchev–Trinajstić information content (AvgIpc) is 2.21. The van der Waals surface area contributed by atoms with Gasteiger partial charge in [-0.3, -0.25) is 0 Å². The first kappa shape index (κ1) is 12.3. The predicted molar refractivity (Wildman–Crippen MR) is 64.8 cm³/mol. The molecule has 0 aromatic heterocycles. The number of halogens is 1. The molecule has 0 saturated heterocycles. The zero-order valence-corrected chi connectivity index (χ0v) is 10.3. The Balaban J connectivity index is 3.11. The highest BCUT2D eigenvalue weighted by Gasteiger charge is 2.13. The van der Waals surface area contributed by atoms with Crippen molar-refractivity contribution in [2.45, 2.75) is 26.2 Å². The molecule has 0 aliphatic heterocycles. The van der Waals surface area contributed by atoms with Crippen LogP contribution in [-0.2, 0) is 0 Å². The number of ether oxygens (including phenoxy) is 1. The van der Waals surface area contributed by atoms with E-state index >= 15 is 0 Å². The van der Waals surface area contributed by atoms with E-state index in [1.54, 1.807) is 7.11 Å². The van der Waals surface area contributed by atoms with Crippen LogP contribution in [0.25, 0.3) is 0 Å². The van der Waals surface area contributed by atoms with Crippen LogP contribution < -0.4 is 10.5 Å². The molecule has 2 N–H and O–H groups in total. The molecule has 1 aromatic carbocycles. The van der Waals surface area contributed by atoms with Crippen molar-refractivity contribution in [3.05, 3.63) is 28.3 Å². The number of methoxy groups -OCH3 is 1. The largest absolute Gasteiger partial charge is 0.495 e. The first-order chi connectivity index (χ1) is 7.10. The summed E-state index contributed by atoms with van der Waals surface area (Å²) in [6, 6.07) is 4.05. The third kappa shape index (κ3) is 2.86.